The molecule has 6 rings (SSSR count). The third-order valence-corrected chi connectivity index (χ3v) is 8.19. The van der Waals surface area contributed by atoms with Crippen molar-refractivity contribution in [2.45, 2.75) is 50.7 Å². The molecule has 4 heterocycles. The monoisotopic (exact) mass is 495 g/mol. The Kier molecular flexibility index (Phi) is 5.59. The summed E-state index contributed by atoms with van der Waals surface area (Å²) in [7, 11) is 0. The molecule has 0 saturated carbocycles. The van der Waals surface area contributed by atoms with Gasteiger partial charge in [0.15, 0.2) is 5.78 Å². The normalized spacial score (nSPS) is 26.0. The fourth-order valence-electron chi connectivity index (χ4n) is 6.25. The molecular weight excluding hydrogens is 466 g/mol. The second-order valence-electron chi connectivity index (χ2n) is 10.2. The van der Waals surface area contributed by atoms with E-state index in [9.17, 15) is 14.4 Å². The van der Waals surface area contributed by atoms with Gasteiger partial charge in [0.25, 0.3) is 5.91 Å². The summed E-state index contributed by atoms with van der Waals surface area (Å²) < 4.78 is 6.18. The number of ketones is 1. The standard InChI is InChI=1S/C30H29N3O4/c1-3-33-18(2)23(19-8-5-4-6-9-19)15-21(28(33)35)16-25(34)20-11-12-26-22(14-20)17-30(37-26)24-10-7-13-31-27(24)32-29(30)36/h4-14,18,21,23H,3,15-17H2,1-2H3,(H,31,32,36)/t18-,21-,23-,30?/m1/s1. The SMILES string of the molecule is CCN1C(=O)[C@@H](CC(=O)c2ccc3c(c2)CC2(O3)C(=O)Nc3ncccc32)C[C@@H](c2ccccc2)[C@H]1C. The summed E-state index contributed by atoms with van der Waals surface area (Å²) in [6.45, 7) is 4.70. The average molecular weight is 496 g/mol. The molecular formula is C30H29N3O4. The van der Waals surface area contributed by atoms with Crippen LogP contribution in [0.3, 0.4) is 0 Å². The first kappa shape index (κ1) is 23.4. The van der Waals surface area contributed by atoms with Gasteiger partial charge in [-0.3, -0.25) is 14.4 Å². The van der Waals surface area contributed by atoms with E-state index in [-0.39, 0.29) is 41.9 Å². The molecule has 0 bridgehead atoms. The van der Waals surface area contributed by atoms with Crippen LogP contribution in [0.1, 0.15) is 59.7 Å². The lowest BCUT2D eigenvalue weighted by Gasteiger charge is -2.42. The lowest BCUT2D eigenvalue weighted by molar-refractivity contribution is -0.142. The molecule has 2 aromatic carbocycles. The number of carbonyl (C=O) groups excluding carboxylic acids is 3. The number of anilines is 1. The first-order valence-corrected chi connectivity index (χ1v) is 12.9. The minimum Gasteiger partial charge on any atom is -0.472 e. The van der Waals surface area contributed by atoms with Gasteiger partial charge in [-0.25, -0.2) is 4.98 Å². The van der Waals surface area contributed by atoms with Crippen LogP contribution >= 0.6 is 0 Å². The second kappa shape index (κ2) is 8.83. The number of fused-ring (bicyclic) bond motifs is 3. The van der Waals surface area contributed by atoms with E-state index in [1.54, 1.807) is 24.4 Å². The van der Waals surface area contributed by atoms with Crippen molar-refractivity contribution in [1.82, 2.24) is 9.88 Å². The number of piperidine rings is 1. The van der Waals surface area contributed by atoms with Crippen molar-refractivity contribution in [3.63, 3.8) is 0 Å². The second-order valence-corrected chi connectivity index (χ2v) is 10.2. The quantitative estimate of drug-likeness (QED) is 0.528. The Hall–Kier alpha value is -4.00. The van der Waals surface area contributed by atoms with Crippen molar-refractivity contribution in [3.8, 4) is 5.75 Å². The number of pyridine rings is 1. The van der Waals surface area contributed by atoms with E-state index in [4.69, 9.17) is 4.74 Å². The van der Waals surface area contributed by atoms with E-state index in [2.05, 4.69) is 29.4 Å². The number of aromatic nitrogens is 1. The zero-order valence-corrected chi connectivity index (χ0v) is 20.9. The molecule has 188 valence electrons. The number of benzene rings is 2. The molecule has 1 unspecified atom stereocenters. The van der Waals surface area contributed by atoms with Crippen LogP contribution in [-0.2, 0) is 21.6 Å². The van der Waals surface area contributed by atoms with Gasteiger partial charge in [-0.05, 0) is 61.7 Å². The van der Waals surface area contributed by atoms with Crippen molar-refractivity contribution in [3.05, 3.63) is 89.1 Å². The molecule has 3 aromatic rings. The summed E-state index contributed by atoms with van der Waals surface area (Å²) in [5, 5.41) is 2.81. The third kappa shape index (κ3) is 3.72. The molecule has 0 aliphatic carbocycles. The van der Waals surface area contributed by atoms with E-state index < -0.39 is 5.60 Å². The van der Waals surface area contributed by atoms with E-state index in [0.29, 0.717) is 42.1 Å². The molecule has 7 heteroatoms. The lowest BCUT2D eigenvalue weighted by atomic mass is 9.77. The Morgan fingerprint density at radius 2 is 1.95 bits per heavy atom. The van der Waals surface area contributed by atoms with Gasteiger partial charge >= 0.3 is 0 Å². The number of rotatable bonds is 5. The number of amides is 2. The van der Waals surface area contributed by atoms with Gasteiger partial charge in [-0.2, -0.15) is 0 Å². The number of hydrogen-bond donors (Lipinski definition) is 1. The Balaban J connectivity index is 1.23. The molecule has 1 spiro atoms. The molecule has 3 aliphatic rings. The maximum Gasteiger partial charge on any atom is 0.274 e. The van der Waals surface area contributed by atoms with Crippen LogP contribution in [0.2, 0.25) is 0 Å². The molecule has 1 N–H and O–H groups in total. The fourth-order valence-corrected chi connectivity index (χ4v) is 6.25. The van der Waals surface area contributed by atoms with E-state index in [0.717, 1.165) is 5.56 Å². The zero-order chi connectivity index (χ0) is 25.7. The maximum absolute atomic E-state index is 13.5. The number of likely N-dealkylation sites (N-methyl/N-ethyl adjacent to an activating group) is 1. The van der Waals surface area contributed by atoms with Crippen LogP contribution in [0, 0.1) is 5.92 Å². The van der Waals surface area contributed by atoms with Gasteiger partial charge in [-0.15, -0.1) is 0 Å². The van der Waals surface area contributed by atoms with Gasteiger partial charge < -0.3 is 15.0 Å². The van der Waals surface area contributed by atoms with Crippen LogP contribution in [0.4, 0.5) is 5.82 Å². The number of hydrogen-bond acceptors (Lipinski definition) is 5. The number of ether oxygens (including phenoxy) is 1. The van der Waals surface area contributed by atoms with Gasteiger partial charge in [0.2, 0.25) is 11.5 Å². The topological polar surface area (TPSA) is 88.6 Å². The number of Topliss-reactive ketones (excluding diaryl/α,β-unsaturated/α-hetero) is 1. The maximum atomic E-state index is 13.5. The summed E-state index contributed by atoms with van der Waals surface area (Å²) in [4.78, 5) is 45.8. The summed E-state index contributed by atoms with van der Waals surface area (Å²) in [5.74, 6) is 0.632. The Labute approximate surface area is 215 Å². The van der Waals surface area contributed by atoms with Crippen LogP contribution in [0.15, 0.2) is 66.9 Å². The zero-order valence-electron chi connectivity index (χ0n) is 20.9. The van der Waals surface area contributed by atoms with Crippen molar-refractivity contribution >= 4 is 23.4 Å². The summed E-state index contributed by atoms with van der Waals surface area (Å²) >= 11 is 0. The predicted molar refractivity (Wildman–Crippen MR) is 138 cm³/mol. The van der Waals surface area contributed by atoms with Crippen molar-refractivity contribution in [1.29, 1.82) is 0 Å². The summed E-state index contributed by atoms with van der Waals surface area (Å²) in [5.41, 5.74) is 2.09. The predicted octanol–water partition coefficient (Wildman–Crippen LogP) is 4.48. The summed E-state index contributed by atoms with van der Waals surface area (Å²) in [6.07, 6.45) is 2.76. The highest BCUT2D eigenvalue weighted by atomic mass is 16.5. The number of likely N-dealkylation sites (tertiary alicyclic amines) is 1. The molecule has 2 amide bonds. The molecule has 37 heavy (non-hydrogen) atoms. The van der Waals surface area contributed by atoms with Crippen LogP contribution in [0.25, 0.3) is 0 Å². The minimum atomic E-state index is -1.16. The number of carbonyl (C=O) groups is 3. The molecule has 3 aliphatic heterocycles. The molecule has 7 nitrogen and oxygen atoms in total. The first-order chi connectivity index (χ1) is 17.9. The Morgan fingerprint density at radius 1 is 1.14 bits per heavy atom. The highest BCUT2D eigenvalue weighted by Crippen LogP contribution is 2.47. The minimum absolute atomic E-state index is 0.0470. The number of nitrogens with one attached hydrogen (secondary N) is 1. The summed E-state index contributed by atoms with van der Waals surface area (Å²) in [6, 6.07) is 19.3. The van der Waals surface area contributed by atoms with Gasteiger partial charge in [-0.1, -0.05) is 30.3 Å². The van der Waals surface area contributed by atoms with Gasteiger partial charge in [0.05, 0.1) is 0 Å². The molecule has 1 aromatic heterocycles. The largest absolute Gasteiger partial charge is 0.472 e. The average Bonchev–Trinajstić information content (AvgIpc) is 3.43. The van der Waals surface area contributed by atoms with Crippen LogP contribution < -0.4 is 10.1 Å². The molecule has 1 fully saturated rings. The van der Waals surface area contributed by atoms with Gasteiger partial charge in [0, 0.05) is 54.6 Å². The molecule has 1 saturated heterocycles. The molecule has 0 radical (unpaired) electrons. The Morgan fingerprint density at radius 3 is 2.73 bits per heavy atom. The van der Waals surface area contributed by atoms with Crippen molar-refractivity contribution in [2.75, 3.05) is 11.9 Å². The Bertz CT molecular complexity index is 1400. The lowest BCUT2D eigenvalue weighted by Crippen LogP contribution is -2.50. The third-order valence-electron chi connectivity index (χ3n) is 8.19. The van der Waals surface area contributed by atoms with Crippen LogP contribution in [-0.4, -0.2) is 40.1 Å². The first-order valence-electron chi connectivity index (χ1n) is 12.9. The highest BCUT2D eigenvalue weighted by molar-refractivity contribution is 6.05. The van der Waals surface area contributed by atoms with Crippen molar-refractivity contribution in [2.24, 2.45) is 5.92 Å². The molecule has 4 atom stereocenters. The smallest absolute Gasteiger partial charge is 0.274 e. The van der Waals surface area contributed by atoms with Crippen LogP contribution in [0.5, 0.6) is 5.75 Å². The van der Waals surface area contributed by atoms with Crippen molar-refractivity contribution < 1.29 is 19.1 Å². The van der Waals surface area contributed by atoms with Gasteiger partial charge in [0.1, 0.15) is 11.6 Å². The van der Waals surface area contributed by atoms with E-state index in [1.165, 1.54) is 5.56 Å². The highest BCUT2D eigenvalue weighted by Gasteiger charge is 2.54. The van der Waals surface area contributed by atoms with E-state index >= 15 is 0 Å². The van der Waals surface area contributed by atoms with E-state index in [1.807, 2.05) is 42.2 Å². The number of nitrogens with zero attached hydrogens (tertiary/aromatic N) is 2. The fraction of sp³-hybridized carbons (Fsp3) is 0.333.